The molecule has 9 nitrogen and oxygen atoms in total. The van der Waals surface area contributed by atoms with E-state index in [4.69, 9.17) is 28.7 Å². The number of aromatic nitrogens is 1. The molecule has 190 valence electrons. The number of esters is 1. The normalized spacial score (nSPS) is 17.6. The predicted molar refractivity (Wildman–Crippen MR) is 135 cm³/mol. The number of allylic oxidation sites excluding steroid dienone is 1. The van der Waals surface area contributed by atoms with Gasteiger partial charge in [-0.1, -0.05) is 36.8 Å². The van der Waals surface area contributed by atoms with Crippen molar-refractivity contribution in [2.75, 3.05) is 20.2 Å². The fourth-order valence-corrected chi connectivity index (χ4v) is 5.69. The third-order valence-corrected chi connectivity index (χ3v) is 7.28. The quantitative estimate of drug-likeness (QED) is 0.461. The van der Waals surface area contributed by atoms with Gasteiger partial charge in [0.15, 0.2) is 27.8 Å². The molecule has 0 saturated carbocycles. The second-order valence-electron chi connectivity index (χ2n) is 8.64. The second kappa shape index (κ2) is 9.44. The summed E-state index contributed by atoms with van der Waals surface area (Å²) < 4.78 is 29.5. The number of carbonyl (C=O) groups is 1. The third kappa shape index (κ3) is 4.07. The molecule has 3 aliphatic heterocycles. The van der Waals surface area contributed by atoms with Crippen LogP contribution in [0.15, 0.2) is 57.5 Å². The van der Waals surface area contributed by atoms with Crippen molar-refractivity contribution in [3.8, 4) is 23.0 Å². The Morgan fingerprint density at radius 3 is 2.49 bits per heavy atom. The van der Waals surface area contributed by atoms with E-state index in [0.29, 0.717) is 55.6 Å². The van der Waals surface area contributed by atoms with Gasteiger partial charge in [-0.3, -0.25) is 9.36 Å². The molecule has 0 saturated heterocycles. The molecule has 10 heteroatoms. The van der Waals surface area contributed by atoms with Gasteiger partial charge in [-0.2, -0.15) is 0 Å². The topological polar surface area (TPSA) is 97.6 Å². The van der Waals surface area contributed by atoms with Gasteiger partial charge in [0.25, 0.3) is 5.56 Å². The highest BCUT2D eigenvalue weighted by Crippen LogP contribution is 2.39. The van der Waals surface area contributed by atoms with E-state index in [0.717, 1.165) is 12.0 Å². The number of thiazole rings is 1. The van der Waals surface area contributed by atoms with Gasteiger partial charge in [0, 0.05) is 0 Å². The molecule has 1 atom stereocenters. The highest BCUT2D eigenvalue weighted by atomic mass is 32.1. The number of fused-ring (bicyclic) bond motifs is 3. The van der Waals surface area contributed by atoms with Gasteiger partial charge in [-0.25, -0.2) is 9.79 Å². The summed E-state index contributed by atoms with van der Waals surface area (Å²) in [5, 5.41) is 0. The van der Waals surface area contributed by atoms with Crippen LogP contribution in [0.25, 0.3) is 6.08 Å². The van der Waals surface area contributed by atoms with Crippen molar-refractivity contribution in [3.05, 3.63) is 78.5 Å². The van der Waals surface area contributed by atoms with E-state index >= 15 is 0 Å². The Labute approximate surface area is 215 Å². The zero-order chi connectivity index (χ0) is 25.5. The summed E-state index contributed by atoms with van der Waals surface area (Å²) in [6, 6.07) is 10.3. The molecule has 6 rings (SSSR count). The lowest BCUT2D eigenvalue weighted by Crippen LogP contribution is -2.40. The minimum absolute atomic E-state index is 0.124. The molecule has 0 amide bonds. The lowest BCUT2D eigenvalue weighted by Gasteiger charge is -2.25. The number of nitrogens with zero attached hydrogens (tertiary/aromatic N) is 2. The Hall–Kier alpha value is -4.05. The molecule has 0 N–H and O–H groups in total. The molecular weight excluding hydrogens is 496 g/mol. The maximum atomic E-state index is 13.9. The minimum Gasteiger partial charge on any atom is -0.463 e. The van der Waals surface area contributed by atoms with Gasteiger partial charge < -0.3 is 23.7 Å². The summed E-state index contributed by atoms with van der Waals surface area (Å²) in [5.41, 5.74) is 2.25. The number of ether oxygens (including phenoxy) is 5. The number of carbonyl (C=O) groups excluding carboxylic acids is 1. The first-order chi connectivity index (χ1) is 18.1. The van der Waals surface area contributed by atoms with Crippen LogP contribution in [0.5, 0.6) is 23.0 Å². The Bertz CT molecular complexity index is 1620. The van der Waals surface area contributed by atoms with E-state index in [1.54, 1.807) is 23.6 Å². The first-order valence-corrected chi connectivity index (χ1v) is 12.9. The summed E-state index contributed by atoms with van der Waals surface area (Å²) in [7, 11) is 0. The average Bonchev–Trinajstić information content (AvgIpc) is 3.62. The Balaban J connectivity index is 1.55. The average molecular weight is 521 g/mol. The van der Waals surface area contributed by atoms with E-state index in [1.165, 1.54) is 11.3 Å². The summed E-state index contributed by atoms with van der Waals surface area (Å²) in [4.78, 5) is 32.5. The molecule has 0 fully saturated rings. The molecule has 1 unspecified atom stereocenters. The Kier molecular flexibility index (Phi) is 5.96. The van der Waals surface area contributed by atoms with Crippen molar-refractivity contribution in [1.29, 1.82) is 0 Å². The smallest absolute Gasteiger partial charge is 0.338 e. The van der Waals surface area contributed by atoms with Gasteiger partial charge in [0.1, 0.15) is 0 Å². The largest absolute Gasteiger partial charge is 0.463 e. The Morgan fingerprint density at radius 1 is 1.05 bits per heavy atom. The van der Waals surface area contributed by atoms with E-state index < -0.39 is 12.0 Å². The maximum Gasteiger partial charge on any atom is 0.338 e. The van der Waals surface area contributed by atoms with Crippen LogP contribution in [-0.4, -0.2) is 30.7 Å². The minimum atomic E-state index is -0.717. The molecule has 0 spiro atoms. The van der Waals surface area contributed by atoms with Crippen LogP contribution in [-0.2, 0) is 9.53 Å². The molecule has 2 aromatic carbocycles. The molecule has 37 heavy (non-hydrogen) atoms. The molecule has 0 radical (unpaired) electrons. The zero-order valence-electron chi connectivity index (χ0n) is 20.3. The van der Waals surface area contributed by atoms with Crippen molar-refractivity contribution in [1.82, 2.24) is 4.57 Å². The lowest BCUT2D eigenvalue weighted by atomic mass is 9.94. The standard InChI is InChI=1S/C27H24N2O7S/c1-3-5-17-23(26(31)32-4-2)24(16-7-9-19-21(12-16)36-14-34-19)29-25(30)22(37-27(29)28-17)11-15-6-8-18-20(10-15)35-13-33-18/h6-12,24H,3-5,13-14H2,1-2H3/b22-11-. The van der Waals surface area contributed by atoms with Crippen LogP contribution in [0.1, 0.15) is 43.9 Å². The van der Waals surface area contributed by atoms with Crippen molar-refractivity contribution >= 4 is 23.4 Å². The van der Waals surface area contributed by atoms with Crippen molar-refractivity contribution in [2.24, 2.45) is 4.99 Å². The fraction of sp³-hybridized carbons (Fsp3) is 0.296. The predicted octanol–water partition coefficient (Wildman–Crippen LogP) is 3.04. The van der Waals surface area contributed by atoms with Gasteiger partial charge in [0.2, 0.25) is 13.6 Å². The van der Waals surface area contributed by atoms with Crippen LogP contribution in [0.2, 0.25) is 0 Å². The highest BCUT2D eigenvalue weighted by molar-refractivity contribution is 7.07. The van der Waals surface area contributed by atoms with E-state index in [2.05, 4.69) is 0 Å². The van der Waals surface area contributed by atoms with E-state index in [9.17, 15) is 9.59 Å². The van der Waals surface area contributed by atoms with Crippen LogP contribution in [0.3, 0.4) is 0 Å². The molecule has 0 bridgehead atoms. The maximum absolute atomic E-state index is 13.9. The second-order valence-corrected chi connectivity index (χ2v) is 9.65. The highest BCUT2D eigenvalue weighted by Gasteiger charge is 2.35. The summed E-state index contributed by atoms with van der Waals surface area (Å²) in [6.45, 7) is 4.29. The van der Waals surface area contributed by atoms with Crippen molar-refractivity contribution in [2.45, 2.75) is 32.7 Å². The number of hydrogen-bond donors (Lipinski definition) is 0. The van der Waals surface area contributed by atoms with Gasteiger partial charge in [0.05, 0.1) is 28.5 Å². The van der Waals surface area contributed by atoms with Crippen LogP contribution in [0.4, 0.5) is 0 Å². The summed E-state index contributed by atoms with van der Waals surface area (Å²) >= 11 is 1.28. The first kappa shape index (κ1) is 23.4. The first-order valence-electron chi connectivity index (χ1n) is 12.1. The van der Waals surface area contributed by atoms with E-state index in [-0.39, 0.29) is 25.8 Å². The fourth-order valence-electron chi connectivity index (χ4n) is 4.67. The zero-order valence-corrected chi connectivity index (χ0v) is 21.1. The lowest BCUT2D eigenvalue weighted by molar-refractivity contribution is -0.139. The number of benzene rings is 2. The van der Waals surface area contributed by atoms with Crippen LogP contribution >= 0.6 is 11.3 Å². The molecule has 0 aliphatic carbocycles. The van der Waals surface area contributed by atoms with Gasteiger partial charge in [-0.15, -0.1) is 0 Å². The summed E-state index contributed by atoms with van der Waals surface area (Å²) in [5.74, 6) is 2.01. The van der Waals surface area contributed by atoms with Crippen molar-refractivity contribution < 1.29 is 28.5 Å². The van der Waals surface area contributed by atoms with Crippen molar-refractivity contribution in [3.63, 3.8) is 0 Å². The molecule has 1 aromatic heterocycles. The van der Waals surface area contributed by atoms with Gasteiger partial charge >= 0.3 is 5.97 Å². The van der Waals surface area contributed by atoms with Gasteiger partial charge in [-0.05, 0) is 54.8 Å². The number of rotatable bonds is 6. The molecular formula is C27H24N2O7S. The molecule has 3 aliphatic rings. The SMILES string of the molecule is CCCC1=C(C(=O)OCC)C(c2ccc3c(c2)OCO3)n2c(s/c(=C\c3ccc4c(c3)OCO4)c2=O)=N1. The summed E-state index contributed by atoms with van der Waals surface area (Å²) in [6.07, 6.45) is 3.15. The van der Waals surface area contributed by atoms with Crippen LogP contribution in [0, 0.1) is 0 Å². The monoisotopic (exact) mass is 520 g/mol. The third-order valence-electron chi connectivity index (χ3n) is 6.30. The molecule has 4 heterocycles. The van der Waals surface area contributed by atoms with E-state index in [1.807, 2.05) is 37.3 Å². The Morgan fingerprint density at radius 2 is 1.76 bits per heavy atom. The van der Waals surface area contributed by atoms with Crippen LogP contribution < -0.4 is 33.8 Å². The number of hydrogen-bond acceptors (Lipinski definition) is 9. The molecule has 3 aromatic rings.